The topological polar surface area (TPSA) is 80.7 Å². The van der Waals surface area contributed by atoms with Crippen molar-refractivity contribution in [2.24, 2.45) is 28.6 Å². The number of Topliss-reactive ketones (excluding diaryl/α,β-unsaturated/α-hetero) is 2. The van der Waals surface area contributed by atoms with E-state index in [1.54, 1.807) is 6.08 Å². The van der Waals surface area contributed by atoms with Gasteiger partial charge in [-0.15, -0.1) is 0 Å². The SMILES string of the molecule is COC(=S)SCC(=O)[C@@]1(O)CC[C@@H]2[C@H]3CCC4=CC(=O)CC[C@]4(C)[C@H]3C(=O)C[C@@]21C. The van der Waals surface area contributed by atoms with Crippen LogP contribution in [0, 0.1) is 28.6 Å². The zero-order valence-corrected chi connectivity index (χ0v) is 19.5. The third-order valence-corrected chi connectivity index (χ3v) is 10.1. The monoisotopic (exact) mass is 450 g/mol. The molecule has 4 aliphatic carbocycles. The number of hydrogen-bond acceptors (Lipinski definition) is 7. The number of ketones is 3. The fraction of sp³-hybridized carbons (Fsp3) is 0.739. The maximum absolute atomic E-state index is 13.6. The first-order valence-electron chi connectivity index (χ1n) is 10.8. The Balaban J connectivity index is 1.63. The summed E-state index contributed by atoms with van der Waals surface area (Å²) in [5, 5.41) is 11.6. The van der Waals surface area contributed by atoms with Crippen molar-refractivity contribution >= 4 is 45.7 Å². The summed E-state index contributed by atoms with van der Waals surface area (Å²) in [4.78, 5) is 38.6. The van der Waals surface area contributed by atoms with Crippen molar-refractivity contribution in [1.29, 1.82) is 0 Å². The summed E-state index contributed by atoms with van der Waals surface area (Å²) in [6.45, 7) is 4.09. The van der Waals surface area contributed by atoms with E-state index in [1.807, 2.05) is 6.92 Å². The molecule has 5 nitrogen and oxygen atoms in total. The number of rotatable bonds is 3. The van der Waals surface area contributed by atoms with Gasteiger partial charge in [0, 0.05) is 24.2 Å². The van der Waals surface area contributed by atoms with E-state index < -0.39 is 11.0 Å². The van der Waals surface area contributed by atoms with Crippen molar-refractivity contribution in [2.45, 2.75) is 64.4 Å². The van der Waals surface area contributed by atoms with Crippen LogP contribution >= 0.6 is 24.0 Å². The first-order valence-corrected chi connectivity index (χ1v) is 12.2. The highest BCUT2D eigenvalue weighted by Crippen LogP contribution is 2.66. The van der Waals surface area contributed by atoms with Gasteiger partial charge in [-0.2, -0.15) is 0 Å². The molecular weight excluding hydrogens is 420 g/mol. The molecule has 0 aromatic rings. The lowest BCUT2D eigenvalue weighted by molar-refractivity contribution is -0.167. The van der Waals surface area contributed by atoms with Gasteiger partial charge >= 0.3 is 0 Å². The van der Waals surface area contributed by atoms with E-state index in [-0.39, 0.29) is 57.1 Å². The molecular formula is C23H30O5S2. The van der Waals surface area contributed by atoms with E-state index in [0.29, 0.717) is 12.8 Å². The Morgan fingerprint density at radius 3 is 2.70 bits per heavy atom. The smallest absolute Gasteiger partial charge is 0.220 e. The Morgan fingerprint density at radius 2 is 2.00 bits per heavy atom. The van der Waals surface area contributed by atoms with E-state index in [9.17, 15) is 19.5 Å². The number of carbonyl (C=O) groups is 3. The summed E-state index contributed by atoms with van der Waals surface area (Å²) in [6, 6.07) is 0. The molecule has 0 bridgehead atoms. The van der Waals surface area contributed by atoms with Gasteiger partial charge in [0.2, 0.25) is 4.38 Å². The van der Waals surface area contributed by atoms with Crippen molar-refractivity contribution in [1.82, 2.24) is 0 Å². The van der Waals surface area contributed by atoms with Crippen molar-refractivity contribution in [3.05, 3.63) is 11.6 Å². The van der Waals surface area contributed by atoms with Crippen LogP contribution in [0.15, 0.2) is 11.6 Å². The van der Waals surface area contributed by atoms with Crippen molar-refractivity contribution in [3.8, 4) is 0 Å². The molecule has 0 aromatic carbocycles. The zero-order valence-electron chi connectivity index (χ0n) is 17.9. The maximum Gasteiger partial charge on any atom is 0.220 e. The molecule has 1 N–H and O–H groups in total. The standard InChI is InChI=1S/C23H30O5S2/c1-21-8-6-14(24)10-13(21)4-5-15-16-7-9-23(27,18(26)12-30-20(29)28-3)22(16,2)11-17(25)19(15)21/h10,15-16,19,27H,4-9,11-12H2,1-3H3/t15-,16-,19-,21+,22+,23+/m1/s1. The summed E-state index contributed by atoms with van der Waals surface area (Å²) < 4.78 is 5.24. The van der Waals surface area contributed by atoms with Crippen LogP contribution in [0.2, 0.25) is 0 Å². The van der Waals surface area contributed by atoms with Gasteiger partial charge in [-0.05, 0) is 67.6 Å². The van der Waals surface area contributed by atoms with Gasteiger partial charge in [-0.3, -0.25) is 14.4 Å². The van der Waals surface area contributed by atoms with Gasteiger partial charge in [0.15, 0.2) is 11.6 Å². The number of hydrogen-bond donors (Lipinski definition) is 1. The number of methoxy groups -OCH3 is 1. The van der Waals surface area contributed by atoms with Crippen molar-refractivity contribution < 1.29 is 24.2 Å². The molecule has 0 heterocycles. The quantitative estimate of drug-likeness (QED) is 0.657. The number of fused-ring (bicyclic) bond motifs is 5. The van der Waals surface area contributed by atoms with Crippen LogP contribution in [0.3, 0.4) is 0 Å². The van der Waals surface area contributed by atoms with E-state index in [0.717, 1.165) is 43.0 Å². The summed E-state index contributed by atoms with van der Waals surface area (Å²) in [5.74, 6) is 0.285. The Kier molecular flexibility index (Phi) is 5.55. The molecule has 6 atom stereocenters. The average Bonchev–Trinajstić information content (AvgIpc) is 2.97. The van der Waals surface area contributed by atoms with Gasteiger partial charge in [0.25, 0.3) is 0 Å². The average molecular weight is 451 g/mol. The van der Waals surface area contributed by atoms with Crippen LogP contribution < -0.4 is 0 Å². The molecule has 0 amide bonds. The summed E-state index contributed by atoms with van der Waals surface area (Å²) in [5.41, 5.74) is -1.39. The lowest BCUT2D eigenvalue weighted by atomic mass is 9.46. The number of thioether (sulfide) groups is 1. The number of allylic oxidation sites excluding steroid dienone is 1. The first-order chi connectivity index (χ1) is 14.1. The van der Waals surface area contributed by atoms with Crippen LogP contribution in [0.5, 0.6) is 0 Å². The number of aliphatic hydroxyl groups is 1. The van der Waals surface area contributed by atoms with Gasteiger partial charge < -0.3 is 9.84 Å². The number of thiocarbonyl (C=S) groups is 1. The molecule has 4 aliphatic rings. The second-order valence-corrected chi connectivity index (χ2v) is 11.5. The van der Waals surface area contributed by atoms with E-state index >= 15 is 0 Å². The molecule has 4 rings (SSSR count). The Hall–Kier alpha value is -1.05. The third kappa shape index (κ3) is 3.06. The molecule has 30 heavy (non-hydrogen) atoms. The Morgan fingerprint density at radius 1 is 1.27 bits per heavy atom. The minimum Gasteiger partial charge on any atom is -0.482 e. The maximum atomic E-state index is 13.6. The minimum atomic E-state index is -1.51. The minimum absolute atomic E-state index is 0.0560. The Labute approximate surface area is 187 Å². The first kappa shape index (κ1) is 22.2. The highest BCUT2D eigenvalue weighted by Gasteiger charge is 2.68. The number of carbonyl (C=O) groups excluding carboxylic acids is 3. The summed E-state index contributed by atoms with van der Waals surface area (Å²) in [6.07, 6.45) is 6.04. The molecule has 0 aliphatic heterocycles. The summed E-state index contributed by atoms with van der Waals surface area (Å²) >= 11 is 6.14. The molecule has 3 fully saturated rings. The zero-order chi connectivity index (χ0) is 21.9. The molecule has 164 valence electrons. The van der Waals surface area contributed by atoms with Crippen molar-refractivity contribution in [2.75, 3.05) is 12.9 Å². The predicted octanol–water partition coefficient (Wildman–Crippen LogP) is 3.66. The van der Waals surface area contributed by atoms with Crippen LogP contribution in [0.25, 0.3) is 0 Å². The van der Waals surface area contributed by atoms with E-state index in [1.165, 1.54) is 7.11 Å². The van der Waals surface area contributed by atoms with E-state index in [2.05, 4.69) is 6.92 Å². The normalized spacial score (nSPS) is 42.7. The number of ether oxygens (including phenoxy) is 1. The highest BCUT2D eigenvalue weighted by molar-refractivity contribution is 8.23. The van der Waals surface area contributed by atoms with Crippen LogP contribution in [0.1, 0.15) is 58.8 Å². The second kappa shape index (κ2) is 7.52. The third-order valence-electron chi connectivity index (χ3n) is 8.76. The molecule has 7 heteroatoms. The fourth-order valence-electron chi connectivity index (χ4n) is 7.15. The fourth-order valence-corrected chi connectivity index (χ4v) is 7.93. The molecule has 0 radical (unpaired) electrons. The van der Waals surface area contributed by atoms with Crippen LogP contribution in [0.4, 0.5) is 0 Å². The lowest BCUT2D eigenvalue weighted by Gasteiger charge is -2.57. The lowest BCUT2D eigenvalue weighted by Crippen LogP contribution is -2.60. The summed E-state index contributed by atoms with van der Waals surface area (Å²) in [7, 11) is 1.46. The predicted molar refractivity (Wildman–Crippen MR) is 119 cm³/mol. The molecule has 0 aromatic heterocycles. The second-order valence-electron chi connectivity index (χ2n) is 9.97. The van der Waals surface area contributed by atoms with Crippen LogP contribution in [-0.4, -0.2) is 45.3 Å². The van der Waals surface area contributed by atoms with Gasteiger partial charge in [-0.25, -0.2) is 0 Å². The molecule has 0 unspecified atom stereocenters. The van der Waals surface area contributed by atoms with Gasteiger partial charge in [-0.1, -0.05) is 31.2 Å². The molecule has 0 saturated heterocycles. The van der Waals surface area contributed by atoms with Gasteiger partial charge in [0.05, 0.1) is 12.9 Å². The highest BCUT2D eigenvalue weighted by atomic mass is 32.2. The Bertz CT molecular complexity index is 851. The van der Waals surface area contributed by atoms with Gasteiger partial charge in [0.1, 0.15) is 11.4 Å². The largest absolute Gasteiger partial charge is 0.482 e. The molecule has 0 spiro atoms. The van der Waals surface area contributed by atoms with Crippen LogP contribution in [-0.2, 0) is 19.1 Å². The van der Waals surface area contributed by atoms with Crippen molar-refractivity contribution in [3.63, 3.8) is 0 Å². The van der Waals surface area contributed by atoms with E-state index in [4.69, 9.17) is 17.0 Å². The molecule has 3 saturated carbocycles.